The van der Waals surface area contributed by atoms with Gasteiger partial charge in [-0.1, -0.05) is 15.9 Å². The van der Waals surface area contributed by atoms with E-state index in [1.165, 1.54) is 35.4 Å². The molecule has 0 aliphatic heterocycles. The van der Waals surface area contributed by atoms with Gasteiger partial charge in [-0.25, -0.2) is 8.42 Å². The van der Waals surface area contributed by atoms with Gasteiger partial charge in [0.15, 0.2) is 5.76 Å². The number of amides is 1. The molecule has 31 heavy (non-hydrogen) atoms. The molecule has 1 aromatic carbocycles. The minimum absolute atomic E-state index is 0.0718. The molecule has 0 aliphatic rings. The number of carbonyl (C=O) groups excluding carboxylic acids is 1. The number of benzene rings is 1. The van der Waals surface area contributed by atoms with Crippen molar-refractivity contribution in [3.05, 3.63) is 94.4 Å². The van der Waals surface area contributed by atoms with Crippen LogP contribution >= 0.6 is 15.9 Å². The molecule has 7 nitrogen and oxygen atoms in total. The average Bonchev–Trinajstić information content (AvgIpc) is 3.50. The van der Waals surface area contributed by atoms with Gasteiger partial charge in [-0.2, -0.15) is 0 Å². The molecule has 1 amide bonds. The summed E-state index contributed by atoms with van der Waals surface area (Å²) in [5.41, 5.74) is 0. The van der Waals surface area contributed by atoms with Crippen LogP contribution in [0, 0.1) is 6.92 Å². The zero-order valence-electron chi connectivity index (χ0n) is 16.4. The molecule has 0 saturated heterocycles. The Bertz CT molecular complexity index is 1290. The molecule has 0 bridgehead atoms. The van der Waals surface area contributed by atoms with E-state index in [2.05, 4.69) is 15.9 Å². The van der Waals surface area contributed by atoms with Crippen LogP contribution in [0.5, 0.6) is 0 Å². The Morgan fingerprint density at radius 3 is 2.32 bits per heavy atom. The summed E-state index contributed by atoms with van der Waals surface area (Å²) >= 11 is 3.28. The highest BCUT2D eigenvalue weighted by molar-refractivity contribution is 9.10. The van der Waals surface area contributed by atoms with Gasteiger partial charge in [0.05, 0.1) is 24.2 Å². The number of nitrogens with zero attached hydrogens (tertiary/aromatic N) is 1. The van der Waals surface area contributed by atoms with E-state index in [1.54, 1.807) is 36.4 Å². The maximum Gasteiger partial charge on any atom is 0.290 e. The lowest BCUT2D eigenvalue weighted by atomic mass is 10.3. The lowest BCUT2D eigenvalue weighted by molar-refractivity contribution is 0.0666. The van der Waals surface area contributed by atoms with Crippen LogP contribution < -0.4 is 0 Å². The third-order valence-electron chi connectivity index (χ3n) is 4.54. The van der Waals surface area contributed by atoms with Gasteiger partial charge in [0.2, 0.25) is 14.9 Å². The van der Waals surface area contributed by atoms with Crippen molar-refractivity contribution in [1.29, 1.82) is 0 Å². The lowest BCUT2D eigenvalue weighted by Crippen LogP contribution is -2.29. The van der Waals surface area contributed by atoms with Gasteiger partial charge in [-0.15, -0.1) is 0 Å². The minimum atomic E-state index is -3.89. The molecule has 0 unspecified atom stereocenters. The molecule has 3 aromatic heterocycles. The molecule has 0 atom stereocenters. The smallest absolute Gasteiger partial charge is 0.290 e. The van der Waals surface area contributed by atoms with E-state index in [0.717, 1.165) is 10.2 Å². The van der Waals surface area contributed by atoms with Crippen molar-refractivity contribution in [2.24, 2.45) is 0 Å². The number of sulfone groups is 1. The van der Waals surface area contributed by atoms with Gasteiger partial charge in [-0.05, 0) is 67.6 Å². The zero-order chi connectivity index (χ0) is 22.0. The molecule has 0 spiro atoms. The van der Waals surface area contributed by atoms with E-state index < -0.39 is 15.7 Å². The summed E-state index contributed by atoms with van der Waals surface area (Å²) in [6.07, 6.45) is 1.52. The summed E-state index contributed by atoms with van der Waals surface area (Å²) in [5.74, 6) is 1.31. The quantitative estimate of drug-likeness (QED) is 0.343. The molecule has 9 heteroatoms. The highest BCUT2D eigenvalue weighted by Crippen LogP contribution is 2.25. The summed E-state index contributed by atoms with van der Waals surface area (Å²) in [6, 6.07) is 15.9. The topological polar surface area (TPSA) is 93.9 Å². The first kappa shape index (κ1) is 21.2. The first-order chi connectivity index (χ1) is 14.8. The Morgan fingerprint density at radius 2 is 1.68 bits per heavy atom. The second-order valence-electron chi connectivity index (χ2n) is 6.83. The zero-order valence-corrected chi connectivity index (χ0v) is 18.9. The van der Waals surface area contributed by atoms with E-state index >= 15 is 0 Å². The fourth-order valence-electron chi connectivity index (χ4n) is 3.01. The van der Waals surface area contributed by atoms with Crippen molar-refractivity contribution in [1.82, 2.24) is 4.90 Å². The van der Waals surface area contributed by atoms with Crippen molar-refractivity contribution in [3.8, 4) is 0 Å². The number of hydrogen-bond donors (Lipinski definition) is 0. The Hall–Kier alpha value is -3.04. The number of rotatable bonds is 7. The highest BCUT2D eigenvalue weighted by atomic mass is 79.9. The monoisotopic (exact) mass is 503 g/mol. The van der Waals surface area contributed by atoms with Crippen LogP contribution in [0.2, 0.25) is 0 Å². The summed E-state index contributed by atoms with van der Waals surface area (Å²) in [6.45, 7) is 2.15. The number of halogens is 1. The number of furan rings is 3. The predicted octanol–water partition coefficient (Wildman–Crippen LogP) is 5.21. The second-order valence-corrected chi connectivity index (χ2v) is 9.63. The number of carbonyl (C=O) groups is 1. The van der Waals surface area contributed by atoms with Gasteiger partial charge in [0, 0.05) is 4.47 Å². The molecular weight excluding hydrogens is 486 g/mol. The molecule has 0 aliphatic carbocycles. The standard InChI is InChI=1S/C22H18BrNO6S/c1-15-4-7-18(29-15)14-24(13-17-3-2-12-28-17)22(25)20-10-11-21(30-20)31(26,27)19-8-5-16(23)6-9-19/h2-12H,13-14H2,1H3. The van der Waals surface area contributed by atoms with Crippen molar-refractivity contribution < 1.29 is 26.5 Å². The van der Waals surface area contributed by atoms with Crippen molar-refractivity contribution >= 4 is 31.7 Å². The van der Waals surface area contributed by atoms with Crippen LogP contribution in [0.15, 0.2) is 94.6 Å². The van der Waals surface area contributed by atoms with Gasteiger partial charge >= 0.3 is 0 Å². The lowest BCUT2D eigenvalue weighted by Gasteiger charge is -2.19. The summed E-state index contributed by atoms with van der Waals surface area (Å²) in [7, 11) is -3.89. The predicted molar refractivity (Wildman–Crippen MR) is 114 cm³/mol. The Labute approximate surface area is 187 Å². The molecule has 0 fully saturated rings. The number of hydrogen-bond acceptors (Lipinski definition) is 6. The van der Waals surface area contributed by atoms with E-state index in [1.807, 2.05) is 6.92 Å². The normalized spacial score (nSPS) is 11.5. The van der Waals surface area contributed by atoms with Gasteiger partial charge in [0.1, 0.15) is 17.3 Å². The second kappa shape index (κ2) is 8.60. The van der Waals surface area contributed by atoms with Crippen LogP contribution in [0.1, 0.15) is 27.8 Å². The molecule has 160 valence electrons. The Morgan fingerprint density at radius 1 is 0.935 bits per heavy atom. The highest BCUT2D eigenvalue weighted by Gasteiger charge is 2.27. The van der Waals surface area contributed by atoms with Crippen LogP contribution in [-0.2, 0) is 22.9 Å². The summed E-state index contributed by atoms with van der Waals surface area (Å²) in [4.78, 5) is 14.7. The van der Waals surface area contributed by atoms with Crippen LogP contribution in [0.3, 0.4) is 0 Å². The van der Waals surface area contributed by atoms with E-state index in [-0.39, 0.29) is 28.8 Å². The van der Waals surface area contributed by atoms with Crippen LogP contribution in [0.4, 0.5) is 0 Å². The third kappa shape index (κ3) is 4.67. The molecule has 4 aromatic rings. The first-order valence-electron chi connectivity index (χ1n) is 9.30. The van der Waals surface area contributed by atoms with Gasteiger partial charge < -0.3 is 18.2 Å². The largest absolute Gasteiger partial charge is 0.467 e. The molecule has 4 rings (SSSR count). The van der Waals surface area contributed by atoms with Crippen molar-refractivity contribution in [3.63, 3.8) is 0 Å². The maximum absolute atomic E-state index is 13.2. The molecule has 3 heterocycles. The molecule has 0 radical (unpaired) electrons. The third-order valence-corrected chi connectivity index (χ3v) is 6.71. The molecular formula is C22H18BrNO6S. The SMILES string of the molecule is Cc1ccc(CN(Cc2ccco2)C(=O)c2ccc(S(=O)(=O)c3ccc(Br)cc3)o2)o1. The number of aryl methyl sites for hydroxylation is 1. The average molecular weight is 504 g/mol. The summed E-state index contributed by atoms with van der Waals surface area (Å²) < 4.78 is 42.9. The molecule has 0 saturated carbocycles. The van der Waals surface area contributed by atoms with Crippen LogP contribution in [-0.4, -0.2) is 19.2 Å². The van der Waals surface area contributed by atoms with Crippen LogP contribution in [0.25, 0.3) is 0 Å². The van der Waals surface area contributed by atoms with E-state index in [0.29, 0.717) is 11.5 Å². The van der Waals surface area contributed by atoms with Gasteiger partial charge in [-0.3, -0.25) is 4.79 Å². The van der Waals surface area contributed by atoms with E-state index in [9.17, 15) is 13.2 Å². The fourth-order valence-corrected chi connectivity index (χ4v) is 4.45. The van der Waals surface area contributed by atoms with Gasteiger partial charge in [0.25, 0.3) is 5.91 Å². The first-order valence-corrected chi connectivity index (χ1v) is 11.6. The Balaban J connectivity index is 1.61. The fraction of sp³-hybridized carbons (Fsp3) is 0.136. The van der Waals surface area contributed by atoms with Crippen molar-refractivity contribution in [2.45, 2.75) is 30.0 Å². The summed E-state index contributed by atoms with van der Waals surface area (Å²) in [5, 5.41) is -0.301. The molecule has 0 N–H and O–H groups in total. The van der Waals surface area contributed by atoms with E-state index in [4.69, 9.17) is 13.3 Å². The van der Waals surface area contributed by atoms with Crippen molar-refractivity contribution in [2.75, 3.05) is 0 Å². The maximum atomic E-state index is 13.2. The Kier molecular flexibility index (Phi) is 5.88. The minimum Gasteiger partial charge on any atom is -0.467 e.